The molecule has 1 aromatic carbocycles. The molecule has 2 rings (SSSR count). The highest BCUT2D eigenvalue weighted by Crippen LogP contribution is 2.13. The fourth-order valence-corrected chi connectivity index (χ4v) is 4.29. The SMILES string of the molecule is CC(C)NS(=O)(=O)Cc1ccccc1CNC(=O)[C@H]1NCCO[C@@H]1C. The molecule has 1 aliphatic heterocycles. The lowest BCUT2D eigenvalue weighted by atomic mass is 10.1. The molecule has 140 valence electrons. The van der Waals surface area contributed by atoms with Crippen molar-refractivity contribution in [3.8, 4) is 0 Å². The van der Waals surface area contributed by atoms with Crippen LogP contribution in [-0.4, -0.2) is 45.7 Å². The minimum atomic E-state index is -3.42. The molecule has 7 nitrogen and oxygen atoms in total. The van der Waals surface area contributed by atoms with E-state index in [-0.39, 0.29) is 30.4 Å². The molecule has 1 fully saturated rings. The van der Waals surface area contributed by atoms with Crippen molar-refractivity contribution < 1.29 is 17.9 Å². The number of carbonyl (C=O) groups is 1. The molecule has 0 saturated carbocycles. The Bertz CT molecular complexity index is 691. The van der Waals surface area contributed by atoms with Gasteiger partial charge in [-0.05, 0) is 31.9 Å². The second-order valence-electron chi connectivity index (χ2n) is 6.53. The minimum Gasteiger partial charge on any atom is -0.375 e. The molecule has 1 aliphatic rings. The molecule has 1 amide bonds. The van der Waals surface area contributed by atoms with Gasteiger partial charge in [0.05, 0.1) is 18.5 Å². The summed E-state index contributed by atoms with van der Waals surface area (Å²) in [5.41, 5.74) is 1.46. The predicted molar refractivity (Wildman–Crippen MR) is 96.4 cm³/mol. The Morgan fingerprint density at radius 1 is 1.32 bits per heavy atom. The van der Waals surface area contributed by atoms with E-state index in [9.17, 15) is 13.2 Å². The van der Waals surface area contributed by atoms with Gasteiger partial charge in [-0.2, -0.15) is 0 Å². The quantitative estimate of drug-likeness (QED) is 0.651. The highest BCUT2D eigenvalue weighted by Gasteiger charge is 2.28. The van der Waals surface area contributed by atoms with Gasteiger partial charge in [0.15, 0.2) is 0 Å². The number of ether oxygens (including phenoxy) is 1. The number of carbonyl (C=O) groups excluding carboxylic acids is 1. The van der Waals surface area contributed by atoms with E-state index in [1.54, 1.807) is 26.0 Å². The van der Waals surface area contributed by atoms with Crippen molar-refractivity contribution in [3.05, 3.63) is 35.4 Å². The molecule has 3 N–H and O–H groups in total. The first-order chi connectivity index (χ1) is 11.8. The molecule has 0 spiro atoms. The minimum absolute atomic E-state index is 0.113. The van der Waals surface area contributed by atoms with Gasteiger partial charge in [0, 0.05) is 19.1 Å². The van der Waals surface area contributed by atoms with E-state index in [0.29, 0.717) is 18.7 Å². The van der Waals surface area contributed by atoms with E-state index in [2.05, 4.69) is 15.4 Å². The molecule has 25 heavy (non-hydrogen) atoms. The van der Waals surface area contributed by atoms with Crippen LogP contribution in [0, 0.1) is 0 Å². The Morgan fingerprint density at radius 3 is 2.64 bits per heavy atom. The number of hydrogen-bond donors (Lipinski definition) is 3. The van der Waals surface area contributed by atoms with Crippen molar-refractivity contribution in [2.75, 3.05) is 13.2 Å². The number of benzene rings is 1. The summed E-state index contributed by atoms with van der Waals surface area (Å²) in [7, 11) is -3.42. The maximum absolute atomic E-state index is 12.3. The van der Waals surface area contributed by atoms with Gasteiger partial charge >= 0.3 is 0 Å². The monoisotopic (exact) mass is 369 g/mol. The van der Waals surface area contributed by atoms with Crippen LogP contribution >= 0.6 is 0 Å². The maximum atomic E-state index is 12.3. The van der Waals surface area contributed by atoms with Gasteiger partial charge in [-0.1, -0.05) is 24.3 Å². The fraction of sp³-hybridized carbons (Fsp3) is 0.588. The van der Waals surface area contributed by atoms with Gasteiger partial charge in [-0.3, -0.25) is 4.79 Å². The summed E-state index contributed by atoms with van der Waals surface area (Å²) in [5.74, 6) is -0.261. The van der Waals surface area contributed by atoms with Crippen molar-refractivity contribution in [1.29, 1.82) is 0 Å². The Labute approximate surface area is 149 Å². The molecule has 1 heterocycles. The number of amides is 1. The lowest BCUT2D eigenvalue weighted by Crippen LogP contribution is -2.55. The standard InChI is InChI=1S/C17H27N3O4S/c1-12(2)20-25(22,23)11-15-7-5-4-6-14(15)10-19-17(21)16-13(3)24-9-8-18-16/h4-7,12-13,16,18,20H,8-11H2,1-3H3,(H,19,21)/t13-,16+/m1/s1. The molecule has 0 unspecified atom stereocenters. The molecular formula is C17H27N3O4S. The van der Waals surface area contributed by atoms with E-state index in [0.717, 1.165) is 5.56 Å². The van der Waals surface area contributed by atoms with Crippen molar-refractivity contribution >= 4 is 15.9 Å². The zero-order valence-corrected chi connectivity index (χ0v) is 15.7. The molecule has 8 heteroatoms. The second-order valence-corrected chi connectivity index (χ2v) is 8.28. The summed E-state index contributed by atoms with van der Waals surface area (Å²) in [4.78, 5) is 12.3. The number of nitrogens with one attached hydrogen (secondary N) is 3. The summed E-state index contributed by atoms with van der Waals surface area (Å²) >= 11 is 0. The normalized spacial score (nSPS) is 21.3. The molecule has 1 saturated heterocycles. The van der Waals surface area contributed by atoms with E-state index >= 15 is 0 Å². The summed E-state index contributed by atoms with van der Waals surface area (Å²) in [6.45, 7) is 6.92. The van der Waals surface area contributed by atoms with E-state index in [4.69, 9.17) is 4.74 Å². The van der Waals surface area contributed by atoms with Crippen LogP contribution in [0.5, 0.6) is 0 Å². The summed E-state index contributed by atoms with van der Waals surface area (Å²) < 4.78 is 32.4. The van der Waals surface area contributed by atoms with E-state index in [1.165, 1.54) is 0 Å². The topological polar surface area (TPSA) is 96.5 Å². The summed E-state index contributed by atoms with van der Waals surface area (Å²) in [6, 6.07) is 6.67. The number of morpholine rings is 1. The highest BCUT2D eigenvalue weighted by molar-refractivity contribution is 7.88. The third kappa shape index (κ3) is 6.07. The van der Waals surface area contributed by atoms with E-state index < -0.39 is 16.1 Å². The Morgan fingerprint density at radius 2 is 2.00 bits per heavy atom. The number of sulfonamides is 1. The zero-order chi connectivity index (χ0) is 18.4. The number of rotatable bonds is 7. The Kier molecular flexibility index (Phi) is 6.95. The van der Waals surface area contributed by atoms with Gasteiger partial charge in [-0.15, -0.1) is 0 Å². The molecule has 0 bridgehead atoms. The average molecular weight is 369 g/mol. The van der Waals surface area contributed by atoms with Crippen LogP contribution in [0.1, 0.15) is 31.9 Å². The largest absolute Gasteiger partial charge is 0.375 e. The van der Waals surface area contributed by atoms with Crippen LogP contribution in [0.25, 0.3) is 0 Å². The van der Waals surface area contributed by atoms with Gasteiger partial charge in [0.25, 0.3) is 0 Å². The Balaban J connectivity index is 2.02. The first-order valence-corrected chi connectivity index (χ1v) is 10.1. The molecule has 2 atom stereocenters. The number of hydrogen-bond acceptors (Lipinski definition) is 5. The lowest BCUT2D eigenvalue weighted by molar-refractivity contribution is -0.129. The van der Waals surface area contributed by atoms with Crippen molar-refractivity contribution in [1.82, 2.24) is 15.4 Å². The Hall–Kier alpha value is -1.48. The van der Waals surface area contributed by atoms with Crippen LogP contribution in [0.3, 0.4) is 0 Å². The summed E-state index contributed by atoms with van der Waals surface area (Å²) in [5, 5.41) is 6.01. The van der Waals surface area contributed by atoms with E-state index in [1.807, 2.05) is 19.1 Å². The molecule has 0 aliphatic carbocycles. The van der Waals surface area contributed by atoms with Crippen LogP contribution in [0.2, 0.25) is 0 Å². The smallest absolute Gasteiger partial charge is 0.240 e. The average Bonchev–Trinajstić information content (AvgIpc) is 2.52. The molecule has 1 aromatic rings. The highest BCUT2D eigenvalue weighted by atomic mass is 32.2. The second kappa shape index (κ2) is 8.75. The zero-order valence-electron chi connectivity index (χ0n) is 14.9. The van der Waals surface area contributed by atoms with Gasteiger partial charge in [0.1, 0.15) is 6.04 Å². The van der Waals surface area contributed by atoms with Crippen LogP contribution in [0.4, 0.5) is 0 Å². The third-order valence-corrected chi connectivity index (χ3v) is 5.45. The van der Waals surface area contributed by atoms with Crippen molar-refractivity contribution in [2.24, 2.45) is 0 Å². The van der Waals surface area contributed by atoms with Gasteiger partial charge in [-0.25, -0.2) is 13.1 Å². The van der Waals surface area contributed by atoms with Gasteiger partial charge in [0.2, 0.25) is 15.9 Å². The third-order valence-electron chi connectivity index (χ3n) is 3.93. The van der Waals surface area contributed by atoms with Crippen molar-refractivity contribution in [2.45, 2.75) is 51.3 Å². The van der Waals surface area contributed by atoms with Crippen LogP contribution < -0.4 is 15.4 Å². The molecule has 0 radical (unpaired) electrons. The fourth-order valence-electron chi connectivity index (χ4n) is 2.80. The van der Waals surface area contributed by atoms with Crippen LogP contribution in [0.15, 0.2) is 24.3 Å². The predicted octanol–water partition coefficient (Wildman–Crippen LogP) is 0.508. The first kappa shape index (κ1) is 19.8. The van der Waals surface area contributed by atoms with Crippen molar-refractivity contribution in [3.63, 3.8) is 0 Å². The van der Waals surface area contributed by atoms with Gasteiger partial charge < -0.3 is 15.4 Å². The summed E-state index contributed by atoms with van der Waals surface area (Å²) in [6.07, 6.45) is -0.195. The maximum Gasteiger partial charge on any atom is 0.240 e. The molecule has 0 aromatic heterocycles. The lowest BCUT2D eigenvalue weighted by Gasteiger charge is -2.29. The first-order valence-electron chi connectivity index (χ1n) is 8.48. The molecular weight excluding hydrogens is 342 g/mol. The van der Waals surface area contributed by atoms with Crippen LogP contribution in [-0.2, 0) is 31.9 Å².